The molecule has 0 aliphatic carbocycles. The Bertz CT molecular complexity index is 833. The molecule has 2 rings (SSSR count). The summed E-state index contributed by atoms with van der Waals surface area (Å²) < 4.78 is 5.08. The summed E-state index contributed by atoms with van der Waals surface area (Å²) in [7, 11) is 0. The standard InChI is InChI=1S/C21H30N4O3S/c1-6-22-21(23-12-17(26)16-10-8-13(3)9-11-16)25-15(5)19-24-14(4)18(29-19)20(27)28-7-2/h8-11,15,17,26H,6-7,12H2,1-5H3,(H2,22,23,25). The number of aromatic nitrogens is 1. The minimum absolute atomic E-state index is 0.156. The van der Waals surface area contributed by atoms with E-state index in [9.17, 15) is 9.90 Å². The first-order chi connectivity index (χ1) is 13.8. The van der Waals surface area contributed by atoms with Crippen molar-refractivity contribution in [2.24, 2.45) is 4.99 Å². The Kier molecular flexibility index (Phi) is 8.60. The van der Waals surface area contributed by atoms with Crippen molar-refractivity contribution in [2.75, 3.05) is 19.7 Å². The van der Waals surface area contributed by atoms with Crippen LogP contribution in [0.1, 0.15) is 64.4 Å². The minimum Gasteiger partial charge on any atom is -0.462 e. The smallest absolute Gasteiger partial charge is 0.350 e. The summed E-state index contributed by atoms with van der Waals surface area (Å²) in [6, 6.07) is 7.61. The number of esters is 1. The third kappa shape index (κ3) is 6.54. The number of guanidine groups is 1. The molecule has 8 heteroatoms. The number of ether oxygens (including phenoxy) is 1. The van der Waals surface area contributed by atoms with E-state index in [1.165, 1.54) is 11.3 Å². The molecular formula is C21H30N4O3S. The van der Waals surface area contributed by atoms with Gasteiger partial charge in [-0.25, -0.2) is 9.78 Å². The average molecular weight is 419 g/mol. The van der Waals surface area contributed by atoms with Gasteiger partial charge in [0.1, 0.15) is 9.88 Å². The zero-order valence-corrected chi connectivity index (χ0v) is 18.5. The molecular weight excluding hydrogens is 388 g/mol. The number of aliphatic hydroxyl groups is 1. The van der Waals surface area contributed by atoms with E-state index in [0.717, 1.165) is 16.1 Å². The summed E-state index contributed by atoms with van der Waals surface area (Å²) in [6.07, 6.45) is -0.682. The molecule has 0 bridgehead atoms. The maximum atomic E-state index is 12.0. The van der Waals surface area contributed by atoms with Gasteiger partial charge in [0.25, 0.3) is 0 Å². The number of aliphatic hydroxyl groups excluding tert-OH is 1. The number of aryl methyl sites for hydroxylation is 2. The molecule has 0 fully saturated rings. The van der Waals surface area contributed by atoms with Gasteiger partial charge in [-0.3, -0.25) is 4.99 Å². The van der Waals surface area contributed by atoms with Gasteiger partial charge in [0.05, 0.1) is 31.0 Å². The summed E-state index contributed by atoms with van der Waals surface area (Å²) in [5.74, 6) is 0.236. The Morgan fingerprint density at radius 1 is 1.28 bits per heavy atom. The summed E-state index contributed by atoms with van der Waals surface area (Å²) in [4.78, 5) is 21.5. The van der Waals surface area contributed by atoms with Gasteiger partial charge in [0, 0.05) is 6.54 Å². The SMILES string of the molecule is CCNC(=NCC(O)c1ccc(C)cc1)NC(C)c1nc(C)c(C(=O)OCC)s1. The quantitative estimate of drug-likeness (QED) is 0.346. The lowest BCUT2D eigenvalue weighted by molar-refractivity contribution is 0.0531. The summed E-state index contributed by atoms with van der Waals surface area (Å²) >= 11 is 1.32. The molecule has 0 aliphatic heterocycles. The maximum Gasteiger partial charge on any atom is 0.350 e. The van der Waals surface area contributed by atoms with Crippen LogP contribution in [-0.2, 0) is 4.74 Å². The first-order valence-electron chi connectivity index (χ1n) is 9.79. The van der Waals surface area contributed by atoms with Gasteiger partial charge < -0.3 is 20.5 Å². The number of aliphatic imine (C=N–C) groups is 1. The number of carbonyl (C=O) groups is 1. The molecule has 1 aromatic carbocycles. The lowest BCUT2D eigenvalue weighted by Gasteiger charge is -2.17. The lowest BCUT2D eigenvalue weighted by Crippen LogP contribution is -2.39. The Balaban J connectivity index is 2.07. The Morgan fingerprint density at radius 2 is 1.97 bits per heavy atom. The second-order valence-corrected chi connectivity index (χ2v) is 7.73. The van der Waals surface area contributed by atoms with E-state index in [-0.39, 0.29) is 18.6 Å². The molecule has 0 amide bonds. The van der Waals surface area contributed by atoms with E-state index >= 15 is 0 Å². The highest BCUT2D eigenvalue weighted by atomic mass is 32.1. The molecule has 158 valence electrons. The van der Waals surface area contributed by atoms with Crippen LogP contribution in [0.3, 0.4) is 0 Å². The highest BCUT2D eigenvalue weighted by Crippen LogP contribution is 2.24. The highest BCUT2D eigenvalue weighted by molar-refractivity contribution is 7.13. The molecule has 29 heavy (non-hydrogen) atoms. The van der Waals surface area contributed by atoms with E-state index in [2.05, 4.69) is 20.6 Å². The minimum atomic E-state index is -0.682. The second-order valence-electron chi connectivity index (χ2n) is 6.70. The molecule has 1 aromatic heterocycles. The number of nitrogens with zero attached hydrogens (tertiary/aromatic N) is 2. The first kappa shape index (κ1) is 22.8. The molecule has 2 unspecified atom stereocenters. The van der Waals surface area contributed by atoms with Gasteiger partial charge in [-0.2, -0.15) is 0 Å². The monoisotopic (exact) mass is 418 g/mol. The molecule has 0 radical (unpaired) electrons. The van der Waals surface area contributed by atoms with Crippen molar-refractivity contribution in [1.29, 1.82) is 0 Å². The molecule has 0 saturated carbocycles. The van der Waals surface area contributed by atoms with E-state index in [1.54, 1.807) is 13.8 Å². The van der Waals surface area contributed by atoms with Gasteiger partial charge in [0.2, 0.25) is 0 Å². The van der Waals surface area contributed by atoms with Crippen molar-refractivity contribution in [3.05, 3.63) is 51.0 Å². The predicted octanol–water partition coefficient (Wildman–Crippen LogP) is 3.29. The van der Waals surface area contributed by atoms with Gasteiger partial charge in [-0.15, -0.1) is 11.3 Å². The highest BCUT2D eigenvalue weighted by Gasteiger charge is 2.20. The van der Waals surface area contributed by atoms with Crippen LogP contribution < -0.4 is 10.6 Å². The van der Waals surface area contributed by atoms with Gasteiger partial charge in [0.15, 0.2) is 5.96 Å². The van der Waals surface area contributed by atoms with Crippen molar-refractivity contribution >= 4 is 23.3 Å². The number of hydrogen-bond acceptors (Lipinski definition) is 6. The van der Waals surface area contributed by atoms with E-state index in [0.29, 0.717) is 29.7 Å². The summed E-state index contributed by atoms with van der Waals surface area (Å²) in [5, 5.41) is 17.6. The molecule has 2 atom stereocenters. The first-order valence-corrected chi connectivity index (χ1v) is 10.6. The third-order valence-electron chi connectivity index (χ3n) is 4.23. The van der Waals surface area contributed by atoms with Crippen LogP contribution in [0.4, 0.5) is 0 Å². The normalized spacial score (nSPS) is 13.7. The van der Waals surface area contributed by atoms with Gasteiger partial charge >= 0.3 is 5.97 Å². The van der Waals surface area contributed by atoms with Crippen molar-refractivity contribution in [3.8, 4) is 0 Å². The number of rotatable bonds is 8. The Labute approximate surface area is 176 Å². The largest absolute Gasteiger partial charge is 0.462 e. The van der Waals surface area contributed by atoms with Crippen molar-refractivity contribution in [1.82, 2.24) is 15.6 Å². The van der Waals surface area contributed by atoms with Crippen molar-refractivity contribution in [2.45, 2.75) is 46.8 Å². The molecule has 0 saturated heterocycles. The number of thiazole rings is 1. The van der Waals surface area contributed by atoms with Crippen LogP contribution >= 0.6 is 11.3 Å². The number of nitrogens with one attached hydrogen (secondary N) is 2. The van der Waals surface area contributed by atoms with Gasteiger partial charge in [-0.05, 0) is 40.2 Å². The lowest BCUT2D eigenvalue weighted by atomic mass is 10.1. The van der Waals surface area contributed by atoms with Crippen molar-refractivity contribution < 1.29 is 14.6 Å². The average Bonchev–Trinajstić information content (AvgIpc) is 3.08. The number of benzene rings is 1. The fraction of sp³-hybridized carbons (Fsp3) is 0.476. The van der Waals surface area contributed by atoms with E-state index in [4.69, 9.17) is 4.74 Å². The summed E-state index contributed by atoms with van der Waals surface area (Å²) in [6.45, 7) is 10.8. The third-order valence-corrected chi connectivity index (χ3v) is 5.55. The van der Waals surface area contributed by atoms with Crippen LogP contribution in [0.25, 0.3) is 0 Å². The van der Waals surface area contributed by atoms with Crippen LogP contribution in [0.2, 0.25) is 0 Å². The van der Waals surface area contributed by atoms with E-state index in [1.807, 2.05) is 45.0 Å². The van der Waals surface area contributed by atoms with E-state index < -0.39 is 6.10 Å². The molecule has 0 aliphatic rings. The zero-order valence-electron chi connectivity index (χ0n) is 17.7. The fourth-order valence-corrected chi connectivity index (χ4v) is 3.61. The topological polar surface area (TPSA) is 95.8 Å². The Hall–Kier alpha value is -2.45. The van der Waals surface area contributed by atoms with Crippen LogP contribution in [-0.4, -0.2) is 41.7 Å². The zero-order chi connectivity index (χ0) is 21.4. The van der Waals surface area contributed by atoms with Crippen LogP contribution in [0, 0.1) is 13.8 Å². The molecule has 1 heterocycles. The van der Waals surface area contributed by atoms with Crippen molar-refractivity contribution in [3.63, 3.8) is 0 Å². The predicted molar refractivity (Wildman–Crippen MR) is 116 cm³/mol. The summed E-state index contributed by atoms with van der Waals surface area (Å²) in [5.41, 5.74) is 2.64. The maximum absolute atomic E-state index is 12.0. The Morgan fingerprint density at radius 3 is 2.59 bits per heavy atom. The van der Waals surface area contributed by atoms with Crippen LogP contribution in [0.5, 0.6) is 0 Å². The molecule has 0 spiro atoms. The number of hydrogen-bond donors (Lipinski definition) is 3. The fourth-order valence-electron chi connectivity index (χ4n) is 2.65. The number of carbonyl (C=O) groups excluding carboxylic acids is 1. The molecule has 7 nitrogen and oxygen atoms in total. The molecule has 2 aromatic rings. The van der Waals surface area contributed by atoms with Crippen LogP contribution in [0.15, 0.2) is 29.3 Å². The second kappa shape index (κ2) is 10.9. The molecule has 3 N–H and O–H groups in total. The van der Waals surface area contributed by atoms with Gasteiger partial charge in [-0.1, -0.05) is 29.8 Å².